The van der Waals surface area contributed by atoms with Gasteiger partial charge in [-0.05, 0) is 36.7 Å². The fourth-order valence-corrected chi connectivity index (χ4v) is 2.27. The van der Waals surface area contributed by atoms with Crippen LogP contribution in [-0.4, -0.2) is 50.2 Å². The third-order valence-electron chi connectivity index (χ3n) is 3.35. The van der Waals surface area contributed by atoms with Crippen LogP contribution in [0.15, 0.2) is 30.3 Å². The molecular weight excluding hydrogens is 288 g/mol. The van der Waals surface area contributed by atoms with Crippen molar-refractivity contribution in [3.8, 4) is 0 Å². The highest BCUT2D eigenvalue weighted by atomic mass is 35.5. The molecule has 1 aliphatic heterocycles. The van der Waals surface area contributed by atoms with Crippen LogP contribution in [0.25, 0.3) is 6.08 Å². The Balaban J connectivity index is 1.61. The van der Waals surface area contributed by atoms with Gasteiger partial charge in [0.1, 0.15) is 0 Å². The van der Waals surface area contributed by atoms with Crippen LogP contribution in [-0.2, 0) is 9.53 Å². The summed E-state index contributed by atoms with van der Waals surface area (Å²) in [4.78, 5) is 14.0. The molecule has 0 aliphatic carbocycles. The van der Waals surface area contributed by atoms with Gasteiger partial charge in [-0.15, -0.1) is 0 Å². The molecule has 4 nitrogen and oxygen atoms in total. The van der Waals surface area contributed by atoms with Gasteiger partial charge < -0.3 is 10.1 Å². The first kappa shape index (κ1) is 16.0. The van der Waals surface area contributed by atoms with Gasteiger partial charge in [0.2, 0.25) is 5.91 Å². The maximum absolute atomic E-state index is 11.7. The Kier molecular flexibility index (Phi) is 6.73. The maximum atomic E-state index is 11.7. The molecule has 5 heteroatoms. The number of hydrogen-bond donors (Lipinski definition) is 1. The molecule has 1 aromatic rings. The minimum atomic E-state index is -0.0630. The summed E-state index contributed by atoms with van der Waals surface area (Å²) in [5.74, 6) is -0.0630. The lowest BCUT2D eigenvalue weighted by Crippen LogP contribution is -2.38. The molecule has 1 fully saturated rings. The molecule has 1 aromatic carbocycles. The Morgan fingerprint density at radius 2 is 2.00 bits per heavy atom. The zero-order chi connectivity index (χ0) is 14.9. The molecule has 0 saturated carbocycles. The van der Waals surface area contributed by atoms with Crippen LogP contribution in [0, 0.1) is 0 Å². The van der Waals surface area contributed by atoms with E-state index >= 15 is 0 Å². The molecular formula is C16H21ClN2O2. The van der Waals surface area contributed by atoms with Gasteiger partial charge in [-0.1, -0.05) is 23.7 Å². The quantitative estimate of drug-likeness (QED) is 0.647. The van der Waals surface area contributed by atoms with Gasteiger partial charge >= 0.3 is 0 Å². The zero-order valence-corrected chi connectivity index (χ0v) is 12.8. The molecule has 21 heavy (non-hydrogen) atoms. The minimum absolute atomic E-state index is 0.0630. The average molecular weight is 309 g/mol. The number of carbonyl (C=O) groups excluding carboxylic acids is 1. The normalized spacial score (nSPS) is 16.2. The monoisotopic (exact) mass is 308 g/mol. The summed E-state index contributed by atoms with van der Waals surface area (Å²) < 4.78 is 5.30. The van der Waals surface area contributed by atoms with E-state index in [-0.39, 0.29) is 5.91 Å². The van der Waals surface area contributed by atoms with Crippen molar-refractivity contribution in [3.05, 3.63) is 40.9 Å². The molecule has 1 saturated heterocycles. The summed E-state index contributed by atoms with van der Waals surface area (Å²) in [7, 11) is 0. The molecule has 0 radical (unpaired) electrons. The predicted octanol–water partition coefficient (Wildman–Crippen LogP) is 2.19. The standard InChI is InChI=1S/C16H21ClN2O2/c17-15-5-2-14(3-6-15)4-7-16(20)18-8-1-9-19-10-12-21-13-11-19/h2-7H,1,8-13H2,(H,18,20). The number of halogens is 1. The first-order valence-corrected chi connectivity index (χ1v) is 7.63. The molecule has 1 aliphatic rings. The Morgan fingerprint density at radius 1 is 1.29 bits per heavy atom. The van der Waals surface area contributed by atoms with Crippen molar-refractivity contribution in [2.24, 2.45) is 0 Å². The second kappa shape index (κ2) is 8.82. The zero-order valence-electron chi connectivity index (χ0n) is 12.1. The van der Waals surface area contributed by atoms with Crippen LogP contribution >= 0.6 is 11.6 Å². The molecule has 0 aromatic heterocycles. The number of hydrogen-bond acceptors (Lipinski definition) is 3. The molecule has 1 heterocycles. The number of amides is 1. The lowest BCUT2D eigenvalue weighted by Gasteiger charge is -2.26. The number of ether oxygens (including phenoxy) is 1. The number of morpholine rings is 1. The summed E-state index contributed by atoms with van der Waals surface area (Å²) in [6.45, 7) is 5.31. The number of carbonyl (C=O) groups is 1. The molecule has 1 N–H and O–H groups in total. The van der Waals surface area contributed by atoms with Crippen molar-refractivity contribution in [2.75, 3.05) is 39.4 Å². The van der Waals surface area contributed by atoms with Gasteiger partial charge in [0.15, 0.2) is 0 Å². The highest BCUT2D eigenvalue weighted by Gasteiger charge is 2.09. The number of nitrogens with zero attached hydrogens (tertiary/aromatic N) is 1. The molecule has 0 bridgehead atoms. The van der Waals surface area contributed by atoms with E-state index < -0.39 is 0 Å². The lowest BCUT2D eigenvalue weighted by atomic mass is 10.2. The van der Waals surface area contributed by atoms with Crippen LogP contribution in [0.3, 0.4) is 0 Å². The first-order valence-electron chi connectivity index (χ1n) is 7.25. The van der Waals surface area contributed by atoms with Gasteiger partial charge in [0.25, 0.3) is 0 Å². The van der Waals surface area contributed by atoms with Gasteiger partial charge in [-0.25, -0.2) is 0 Å². The number of nitrogens with one attached hydrogen (secondary N) is 1. The van der Waals surface area contributed by atoms with E-state index in [9.17, 15) is 4.79 Å². The van der Waals surface area contributed by atoms with Crippen molar-refractivity contribution in [3.63, 3.8) is 0 Å². The van der Waals surface area contributed by atoms with Gasteiger partial charge in [0.05, 0.1) is 13.2 Å². The van der Waals surface area contributed by atoms with E-state index in [1.54, 1.807) is 12.2 Å². The maximum Gasteiger partial charge on any atom is 0.243 e. The molecule has 0 spiro atoms. The first-order chi connectivity index (χ1) is 10.2. The fraction of sp³-hybridized carbons (Fsp3) is 0.438. The van der Waals surface area contributed by atoms with E-state index in [0.29, 0.717) is 11.6 Å². The average Bonchev–Trinajstić information content (AvgIpc) is 2.52. The SMILES string of the molecule is O=C(C=Cc1ccc(Cl)cc1)NCCCN1CCOCC1. The van der Waals surface area contributed by atoms with Crippen LogP contribution in [0.1, 0.15) is 12.0 Å². The molecule has 0 unspecified atom stereocenters. The van der Waals surface area contributed by atoms with Gasteiger partial charge in [0, 0.05) is 30.7 Å². The van der Waals surface area contributed by atoms with Crippen LogP contribution in [0.4, 0.5) is 0 Å². The fourth-order valence-electron chi connectivity index (χ4n) is 2.14. The van der Waals surface area contributed by atoms with E-state index in [1.807, 2.05) is 24.3 Å². The Morgan fingerprint density at radius 3 is 2.71 bits per heavy atom. The van der Waals surface area contributed by atoms with E-state index in [2.05, 4.69) is 10.2 Å². The molecule has 114 valence electrons. The Labute approximate surface area is 130 Å². The summed E-state index contributed by atoms with van der Waals surface area (Å²) in [5, 5.41) is 3.59. The second-order valence-corrected chi connectivity index (χ2v) is 5.42. The highest BCUT2D eigenvalue weighted by Crippen LogP contribution is 2.10. The van der Waals surface area contributed by atoms with Crippen LogP contribution in [0.5, 0.6) is 0 Å². The topological polar surface area (TPSA) is 41.6 Å². The number of rotatable bonds is 6. The van der Waals surface area contributed by atoms with Crippen molar-refractivity contribution < 1.29 is 9.53 Å². The highest BCUT2D eigenvalue weighted by molar-refractivity contribution is 6.30. The molecule has 0 atom stereocenters. The molecule has 2 rings (SSSR count). The van der Waals surface area contributed by atoms with E-state index in [0.717, 1.165) is 44.8 Å². The predicted molar refractivity (Wildman–Crippen MR) is 85.4 cm³/mol. The third kappa shape index (κ3) is 6.29. The Hall–Kier alpha value is -1.36. The second-order valence-electron chi connectivity index (χ2n) is 4.98. The summed E-state index contributed by atoms with van der Waals surface area (Å²) in [5.41, 5.74) is 0.961. The minimum Gasteiger partial charge on any atom is -0.379 e. The van der Waals surface area contributed by atoms with Crippen molar-refractivity contribution in [1.29, 1.82) is 0 Å². The third-order valence-corrected chi connectivity index (χ3v) is 3.60. The summed E-state index contributed by atoms with van der Waals surface area (Å²) in [6.07, 6.45) is 4.30. The summed E-state index contributed by atoms with van der Waals surface area (Å²) in [6, 6.07) is 7.37. The van der Waals surface area contributed by atoms with Gasteiger partial charge in [-0.3, -0.25) is 9.69 Å². The Bertz CT molecular complexity index is 468. The van der Waals surface area contributed by atoms with Crippen LogP contribution < -0.4 is 5.32 Å². The van der Waals surface area contributed by atoms with E-state index in [4.69, 9.17) is 16.3 Å². The summed E-state index contributed by atoms with van der Waals surface area (Å²) >= 11 is 5.81. The molecule has 1 amide bonds. The van der Waals surface area contributed by atoms with Crippen LogP contribution in [0.2, 0.25) is 5.02 Å². The van der Waals surface area contributed by atoms with E-state index in [1.165, 1.54) is 0 Å². The largest absolute Gasteiger partial charge is 0.379 e. The van der Waals surface area contributed by atoms with Gasteiger partial charge in [-0.2, -0.15) is 0 Å². The van der Waals surface area contributed by atoms with Crippen molar-refractivity contribution >= 4 is 23.6 Å². The lowest BCUT2D eigenvalue weighted by molar-refractivity contribution is -0.116. The smallest absolute Gasteiger partial charge is 0.243 e. The van der Waals surface area contributed by atoms with Crippen molar-refractivity contribution in [1.82, 2.24) is 10.2 Å². The van der Waals surface area contributed by atoms with Crippen molar-refractivity contribution in [2.45, 2.75) is 6.42 Å². The number of benzene rings is 1.